The fourth-order valence-electron chi connectivity index (χ4n) is 2.04. The van der Waals surface area contributed by atoms with E-state index in [1.807, 2.05) is 0 Å². The summed E-state index contributed by atoms with van der Waals surface area (Å²) in [6.45, 7) is 0. The number of Topliss-reactive ketones (excluding diaryl/α,β-unsaturated/α-hetero) is 1. The van der Waals surface area contributed by atoms with Crippen molar-refractivity contribution in [2.24, 2.45) is 17.8 Å². The third-order valence-corrected chi connectivity index (χ3v) is 3.06. The number of carbonyl (C=O) groups is 1. The highest BCUT2D eigenvalue weighted by Crippen LogP contribution is 2.55. The molecule has 2 fully saturated rings. The molecule has 0 aliphatic heterocycles. The zero-order valence-corrected chi connectivity index (χ0v) is 6.10. The first-order valence-electron chi connectivity index (χ1n) is 3.48. The van der Waals surface area contributed by atoms with E-state index in [1.54, 1.807) is 0 Å². The van der Waals surface area contributed by atoms with Gasteiger partial charge < -0.3 is 0 Å². The van der Waals surface area contributed by atoms with Crippen LogP contribution in [0.25, 0.3) is 0 Å². The van der Waals surface area contributed by atoms with Crippen molar-refractivity contribution in [2.45, 2.75) is 12.8 Å². The fourth-order valence-corrected chi connectivity index (χ4v) is 2.54. The summed E-state index contributed by atoms with van der Waals surface area (Å²) in [6.07, 6.45) is 1.99. The summed E-state index contributed by atoms with van der Waals surface area (Å²) in [7, 11) is 0. The van der Waals surface area contributed by atoms with Gasteiger partial charge in [0.25, 0.3) is 0 Å². The van der Waals surface area contributed by atoms with Crippen LogP contribution in [-0.4, -0.2) is 11.5 Å². The minimum Gasteiger partial charge on any atom is -0.299 e. The van der Waals surface area contributed by atoms with Crippen molar-refractivity contribution in [3.05, 3.63) is 0 Å². The van der Waals surface area contributed by atoms with Crippen LogP contribution >= 0.6 is 12.6 Å². The zero-order valence-electron chi connectivity index (χ0n) is 5.21. The molecule has 0 spiro atoms. The van der Waals surface area contributed by atoms with Crippen molar-refractivity contribution in [3.8, 4) is 0 Å². The van der Waals surface area contributed by atoms with Gasteiger partial charge in [-0.05, 0) is 24.0 Å². The maximum Gasteiger partial charge on any atom is 0.136 e. The van der Waals surface area contributed by atoms with Gasteiger partial charge in [0.15, 0.2) is 0 Å². The molecule has 0 heterocycles. The zero-order chi connectivity index (χ0) is 6.43. The molecular formula is C7H10OS. The van der Waals surface area contributed by atoms with Crippen LogP contribution in [0.5, 0.6) is 0 Å². The maximum absolute atomic E-state index is 11.0. The molecule has 2 aliphatic carbocycles. The van der Waals surface area contributed by atoms with E-state index in [4.69, 9.17) is 0 Å². The van der Waals surface area contributed by atoms with Crippen LogP contribution in [0.15, 0.2) is 0 Å². The smallest absolute Gasteiger partial charge is 0.136 e. The third kappa shape index (κ3) is 0.658. The predicted octanol–water partition coefficient (Wildman–Crippen LogP) is 1.14. The van der Waals surface area contributed by atoms with Gasteiger partial charge in [0.05, 0.1) is 0 Å². The summed E-state index contributed by atoms with van der Waals surface area (Å²) >= 11 is 4.17. The van der Waals surface area contributed by atoms with Gasteiger partial charge in [0, 0.05) is 12.3 Å². The van der Waals surface area contributed by atoms with Gasteiger partial charge in [0.1, 0.15) is 5.78 Å². The van der Waals surface area contributed by atoms with E-state index < -0.39 is 0 Å². The average Bonchev–Trinajstić information content (AvgIpc) is 2.46. The lowest BCUT2D eigenvalue weighted by Gasteiger charge is -1.94. The Balaban J connectivity index is 2.06. The largest absolute Gasteiger partial charge is 0.299 e. The highest BCUT2D eigenvalue weighted by Gasteiger charge is 2.56. The van der Waals surface area contributed by atoms with Gasteiger partial charge in [-0.3, -0.25) is 4.79 Å². The second kappa shape index (κ2) is 1.75. The molecule has 0 aromatic carbocycles. The van der Waals surface area contributed by atoms with Gasteiger partial charge in [-0.25, -0.2) is 0 Å². The maximum atomic E-state index is 11.0. The van der Waals surface area contributed by atoms with Gasteiger partial charge in [-0.2, -0.15) is 12.6 Å². The number of carbonyl (C=O) groups excluding carboxylic acids is 1. The summed E-state index contributed by atoms with van der Waals surface area (Å²) in [5.41, 5.74) is 0. The first-order chi connectivity index (χ1) is 4.34. The molecule has 2 heteroatoms. The number of fused-ring (bicyclic) bond motifs is 1. The number of hydrogen-bond acceptors (Lipinski definition) is 2. The fraction of sp³-hybridized carbons (Fsp3) is 0.857. The predicted molar refractivity (Wildman–Crippen MR) is 38.6 cm³/mol. The highest BCUT2D eigenvalue weighted by molar-refractivity contribution is 7.80. The molecule has 3 atom stereocenters. The Morgan fingerprint density at radius 2 is 2.44 bits per heavy atom. The molecular weight excluding hydrogens is 132 g/mol. The Hall–Kier alpha value is 0.0200. The molecule has 0 amide bonds. The monoisotopic (exact) mass is 142 g/mol. The summed E-state index contributed by atoms with van der Waals surface area (Å²) in [5.74, 6) is 3.27. The molecule has 0 radical (unpaired) electrons. The van der Waals surface area contributed by atoms with Crippen LogP contribution in [0.2, 0.25) is 0 Å². The van der Waals surface area contributed by atoms with Crippen LogP contribution < -0.4 is 0 Å². The van der Waals surface area contributed by atoms with E-state index >= 15 is 0 Å². The third-order valence-electron chi connectivity index (χ3n) is 2.64. The van der Waals surface area contributed by atoms with Gasteiger partial charge in [-0.1, -0.05) is 0 Å². The molecule has 0 N–H and O–H groups in total. The summed E-state index contributed by atoms with van der Waals surface area (Å²) in [5, 5.41) is 0. The van der Waals surface area contributed by atoms with Crippen LogP contribution in [-0.2, 0) is 4.79 Å². The molecule has 2 aliphatic rings. The Kier molecular flexibility index (Phi) is 1.12. The Labute approximate surface area is 60.2 Å². The highest BCUT2D eigenvalue weighted by atomic mass is 32.1. The van der Waals surface area contributed by atoms with E-state index in [2.05, 4.69) is 12.6 Å². The van der Waals surface area contributed by atoms with E-state index in [9.17, 15) is 4.79 Å². The second-order valence-corrected chi connectivity index (χ2v) is 3.41. The Morgan fingerprint density at radius 3 is 2.78 bits per heavy atom. The molecule has 2 saturated carbocycles. The molecule has 0 saturated heterocycles. The topological polar surface area (TPSA) is 17.1 Å². The lowest BCUT2D eigenvalue weighted by molar-refractivity contribution is -0.119. The SMILES string of the molecule is O=C1CC[C@H]2[C@@H](CS)[C@@H]12. The molecule has 0 aromatic rings. The van der Waals surface area contributed by atoms with Crippen LogP contribution in [0.1, 0.15) is 12.8 Å². The summed E-state index contributed by atoms with van der Waals surface area (Å²) in [6, 6.07) is 0. The van der Waals surface area contributed by atoms with E-state index in [1.165, 1.54) is 0 Å². The van der Waals surface area contributed by atoms with E-state index in [-0.39, 0.29) is 0 Å². The van der Waals surface area contributed by atoms with Crippen molar-refractivity contribution in [2.75, 3.05) is 5.75 Å². The molecule has 0 aromatic heterocycles. The van der Waals surface area contributed by atoms with Crippen molar-refractivity contribution < 1.29 is 4.79 Å². The summed E-state index contributed by atoms with van der Waals surface area (Å²) < 4.78 is 0. The Bertz CT molecular complexity index is 151. The first-order valence-corrected chi connectivity index (χ1v) is 4.11. The molecule has 0 bridgehead atoms. The van der Waals surface area contributed by atoms with Crippen molar-refractivity contribution in [1.29, 1.82) is 0 Å². The van der Waals surface area contributed by atoms with E-state index in [0.29, 0.717) is 17.6 Å². The number of hydrogen-bond donors (Lipinski definition) is 1. The molecule has 50 valence electrons. The van der Waals surface area contributed by atoms with Gasteiger partial charge >= 0.3 is 0 Å². The number of ketones is 1. The second-order valence-electron chi connectivity index (χ2n) is 3.04. The molecule has 9 heavy (non-hydrogen) atoms. The number of rotatable bonds is 1. The standard InChI is InChI=1S/C7H10OS/c8-6-2-1-4-5(3-9)7(4)6/h4-5,7,9H,1-3H2/t4-,5+,7-/m0/s1. The van der Waals surface area contributed by atoms with Crippen LogP contribution in [0.3, 0.4) is 0 Å². The first kappa shape index (κ1) is 5.78. The average molecular weight is 142 g/mol. The molecule has 1 nitrogen and oxygen atoms in total. The van der Waals surface area contributed by atoms with Crippen molar-refractivity contribution in [3.63, 3.8) is 0 Å². The molecule has 2 rings (SSSR count). The lowest BCUT2D eigenvalue weighted by atomic mass is 10.1. The van der Waals surface area contributed by atoms with Crippen LogP contribution in [0, 0.1) is 17.8 Å². The minimum atomic E-state index is 0.447. The minimum absolute atomic E-state index is 0.447. The quantitative estimate of drug-likeness (QED) is 0.543. The number of thiol groups is 1. The van der Waals surface area contributed by atoms with Gasteiger partial charge in [-0.15, -0.1) is 0 Å². The van der Waals surface area contributed by atoms with Gasteiger partial charge in [0.2, 0.25) is 0 Å². The van der Waals surface area contributed by atoms with Crippen molar-refractivity contribution in [1.82, 2.24) is 0 Å². The van der Waals surface area contributed by atoms with E-state index in [0.717, 1.165) is 24.5 Å². The van der Waals surface area contributed by atoms with Crippen molar-refractivity contribution >= 4 is 18.4 Å². The normalized spacial score (nSPS) is 47.2. The Morgan fingerprint density at radius 1 is 1.67 bits per heavy atom. The summed E-state index contributed by atoms with van der Waals surface area (Å²) in [4.78, 5) is 11.0. The lowest BCUT2D eigenvalue weighted by Crippen LogP contribution is -1.99. The van der Waals surface area contributed by atoms with Crippen LogP contribution in [0.4, 0.5) is 0 Å². The molecule has 0 unspecified atom stereocenters.